The third-order valence-electron chi connectivity index (χ3n) is 5.37. The maximum Gasteiger partial charge on any atom is 0.243 e. The zero-order valence-corrected chi connectivity index (χ0v) is 22.2. The van der Waals surface area contributed by atoms with E-state index in [4.69, 9.17) is 11.6 Å². The molecule has 0 radical (unpaired) electrons. The lowest BCUT2D eigenvalue weighted by molar-refractivity contribution is -0.142. The third kappa shape index (κ3) is 7.29. The average molecular weight is 508 g/mol. The summed E-state index contributed by atoms with van der Waals surface area (Å²) in [6.45, 7) is 9.17. The van der Waals surface area contributed by atoms with Gasteiger partial charge >= 0.3 is 0 Å². The highest BCUT2D eigenvalue weighted by molar-refractivity contribution is 7.89. The number of sulfonamides is 1. The van der Waals surface area contributed by atoms with Crippen LogP contribution in [0.4, 0.5) is 0 Å². The lowest BCUT2D eigenvalue weighted by atomic mass is 10.0. The summed E-state index contributed by atoms with van der Waals surface area (Å²) in [6, 6.07) is 12.6. The zero-order chi connectivity index (χ0) is 25.7. The van der Waals surface area contributed by atoms with E-state index in [2.05, 4.69) is 5.32 Å². The van der Waals surface area contributed by atoms with Crippen molar-refractivity contribution in [3.8, 4) is 0 Å². The molecule has 1 N–H and O–H groups in total. The molecule has 34 heavy (non-hydrogen) atoms. The first-order chi connectivity index (χ1) is 15.8. The number of nitrogens with zero attached hydrogens (tertiary/aromatic N) is 2. The molecule has 0 heterocycles. The van der Waals surface area contributed by atoms with Crippen molar-refractivity contribution in [1.82, 2.24) is 14.5 Å². The van der Waals surface area contributed by atoms with E-state index in [1.54, 1.807) is 0 Å². The molecular formula is C25H34ClN3O4S. The first-order valence-electron chi connectivity index (χ1n) is 11.1. The molecule has 0 aliphatic rings. The highest BCUT2D eigenvalue weighted by Gasteiger charge is 2.33. The fourth-order valence-corrected chi connectivity index (χ4v) is 4.74. The van der Waals surface area contributed by atoms with E-state index in [0.717, 1.165) is 15.4 Å². The summed E-state index contributed by atoms with van der Waals surface area (Å²) in [5, 5.41) is 3.36. The molecule has 186 valence electrons. The predicted octanol–water partition coefficient (Wildman–Crippen LogP) is 3.99. The van der Waals surface area contributed by atoms with Crippen molar-refractivity contribution in [2.24, 2.45) is 0 Å². The minimum atomic E-state index is -3.92. The van der Waals surface area contributed by atoms with E-state index in [9.17, 15) is 18.0 Å². The van der Waals surface area contributed by atoms with Gasteiger partial charge in [0.2, 0.25) is 21.8 Å². The van der Waals surface area contributed by atoms with Crippen molar-refractivity contribution in [2.45, 2.75) is 64.1 Å². The summed E-state index contributed by atoms with van der Waals surface area (Å²) >= 11 is 5.88. The van der Waals surface area contributed by atoms with Gasteiger partial charge in [0.15, 0.2) is 0 Å². The molecule has 7 nitrogen and oxygen atoms in total. The number of carbonyl (C=O) groups excluding carboxylic acids is 2. The monoisotopic (exact) mass is 507 g/mol. The molecule has 0 unspecified atom stereocenters. The number of hydrogen-bond acceptors (Lipinski definition) is 4. The summed E-state index contributed by atoms with van der Waals surface area (Å²) in [5.41, 5.74) is 1.39. The SMILES string of the molecule is CC[C@@H](C(=O)NC(C)(C)C)N(Cc1ccccc1C)C(=O)CN(C)S(=O)(=O)c1ccc(Cl)cc1. The second-order valence-corrected chi connectivity index (χ2v) is 11.8. The number of aryl methyl sites for hydroxylation is 1. The van der Waals surface area contributed by atoms with Gasteiger partial charge in [0.1, 0.15) is 6.04 Å². The van der Waals surface area contributed by atoms with Crippen LogP contribution in [0.25, 0.3) is 0 Å². The van der Waals surface area contributed by atoms with E-state index >= 15 is 0 Å². The number of halogens is 1. The van der Waals surface area contributed by atoms with E-state index in [1.807, 2.05) is 58.9 Å². The maximum atomic E-state index is 13.5. The van der Waals surface area contributed by atoms with Crippen LogP contribution in [0.15, 0.2) is 53.4 Å². The van der Waals surface area contributed by atoms with Crippen molar-refractivity contribution in [3.63, 3.8) is 0 Å². The van der Waals surface area contributed by atoms with Crippen LogP contribution in [-0.4, -0.2) is 54.6 Å². The predicted molar refractivity (Wildman–Crippen MR) is 135 cm³/mol. The zero-order valence-electron chi connectivity index (χ0n) is 20.6. The topological polar surface area (TPSA) is 86.8 Å². The molecule has 0 saturated carbocycles. The fourth-order valence-electron chi connectivity index (χ4n) is 3.50. The average Bonchev–Trinajstić information content (AvgIpc) is 2.73. The number of amides is 2. The Labute approximate surface area is 208 Å². The van der Waals surface area contributed by atoms with Gasteiger partial charge in [-0.1, -0.05) is 42.8 Å². The number of hydrogen-bond donors (Lipinski definition) is 1. The second-order valence-electron chi connectivity index (χ2n) is 9.33. The van der Waals surface area contributed by atoms with Gasteiger partial charge < -0.3 is 10.2 Å². The Bertz CT molecular complexity index is 1110. The van der Waals surface area contributed by atoms with Crippen molar-refractivity contribution < 1.29 is 18.0 Å². The first kappa shape index (κ1) is 27.8. The second kappa shape index (κ2) is 11.3. The van der Waals surface area contributed by atoms with Gasteiger partial charge in [0.05, 0.1) is 11.4 Å². The standard InChI is InChI=1S/C25H34ClN3O4S/c1-7-22(24(31)27-25(3,4)5)29(16-19-11-9-8-10-18(19)2)23(30)17-28(6)34(32,33)21-14-12-20(26)13-15-21/h8-15,22H,7,16-17H2,1-6H3,(H,27,31)/t22-/m0/s1. The Morgan fingerprint density at radius 2 is 1.65 bits per heavy atom. The lowest BCUT2D eigenvalue weighted by Crippen LogP contribution is -2.55. The van der Waals surface area contributed by atoms with Gasteiger partial charge in [0.25, 0.3) is 0 Å². The van der Waals surface area contributed by atoms with Crippen LogP contribution in [0.3, 0.4) is 0 Å². The molecule has 9 heteroatoms. The lowest BCUT2D eigenvalue weighted by Gasteiger charge is -2.34. The van der Waals surface area contributed by atoms with Gasteiger partial charge in [-0.2, -0.15) is 4.31 Å². The Morgan fingerprint density at radius 1 is 1.06 bits per heavy atom. The molecular weight excluding hydrogens is 474 g/mol. The van der Waals surface area contributed by atoms with Crippen LogP contribution in [0.5, 0.6) is 0 Å². The van der Waals surface area contributed by atoms with E-state index in [-0.39, 0.29) is 17.3 Å². The number of carbonyl (C=O) groups is 2. The quantitative estimate of drug-likeness (QED) is 0.556. The highest BCUT2D eigenvalue weighted by atomic mass is 35.5. The summed E-state index contributed by atoms with van der Waals surface area (Å²) in [4.78, 5) is 28.1. The molecule has 0 bridgehead atoms. The van der Waals surface area contributed by atoms with E-state index in [1.165, 1.54) is 36.2 Å². The van der Waals surface area contributed by atoms with Gasteiger partial charge in [-0.15, -0.1) is 0 Å². The Morgan fingerprint density at radius 3 is 2.18 bits per heavy atom. The number of likely N-dealkylation sites (N-methyl/N-ethyl adjacent to an activating group) is 1. The molecule has 1 atom stereocenters. The van der Waals surface area contributed by atoms with Gasteiger partial charge in [0, 0.05) is 24.2 Å². The van der Waals surface area contributed by atoms with Crippen molar-refractivity contribution in [1.29, 1.82) is 0 Å². The molecule has 2 rings (SSSR count). The summed E-state index contributed by atoms with van der Waals surface area (Å²) in [5.74, 6) is -0.737. The molecule has 0 aromatic heterocycles. The molecule has 0 aliphatic carbocycles. The minimum absolute atomic E-state index is 0.0372. The molecule has 0 aliphatic heterocycles. The van der Waals surface area contributed by atoms with Crippen LogP contribution in [0.2, 0.25) is 5.02 Å². The molecule has 2 aromatic rings. The summed E-state index contributed by atoms with van der Waals surface area (Å²) in [6.07, 6.45) is 0.382. The first-order valence-corrected chi connectivity index (χ1v) is 13.0. The van der Waals surface area contributed by atoms with E-state index in [0.29, 0.717) is 11.4 Å². The van der Waals surface area contributed by atoms with Crippen LogP contribution in [0, 0.1) is 6.92 Å². The smallest absolute Gasteiger partial charge is 0.243 e. The molecule has 0 fully saturated rings. The Kier molecular flexibility index (Phi) is 9.28. The molecule has 2 aromatic carbocycles. The Hall–Kier alpha value is -2.42. The molecule has 2 amide bonds. The van der Waals surface area contributed by atoms with Gasteiger partial charge in [-0.25, -0.2) is 8.42 Å². The largest absolute Gasteiger partial charge is 0.350 e. The van der Waals surface area contributed by atoms with Gasteiger partial charge in [-0.05, 0) is 69.5 Å². The molecule has 0 spiro atoms. The number of benzene rings is 2. The summed E-state index contributed by atoms with van der Waals surface area (Å²) < 4.78 is 27.0. The Balaban J connectivity index is 2.36. The third-order valence-corrected chi connectivity index (χ3v) is 7.44. The van der Waals surface area contributed by atoms with Crippen molar-refractivity contribution in [3.05, 3.63) is 64.7 Å². The van der Waals surface area contributed by atoms with Crippen LogP contribution >= 0.6 is 11.6 Å². The maximum absolute atomic E-state index is 13.5. The van der Waals surface area contributed by atoms with Crippen LogP contribution < -0.4 is 5.32 Å². The number of rotatable bonds is 9. The fraction of sp³-hybridized carbons (Fsp3) is 0.440. The minimum Gasteiger partial charge on any atom is -0.350 e. The normalized spacial score (nSPS) is 12.9. The van der Waals surface area contributed by atoms with Crippen LogP contribution in [0.1, 0.15) is 45.2 Å². The van der Waals surface area contributed by atoms with Crippen LogP contribution in [-0.2, 0) is 26.2 Å². The molecule has 0 saturated heterocycles. The van der Waals surface area contributed by atoms with E-state index < -0.39 is 34.1 Å². The summed E-state index contributed by atoms with van der Waals surface area (Å²) in [7, 11) is -2.57. The van der Waals surface area contributed by atoms with Crippen molar-refractivity contribution >= 4 is 33.4 Å². The number of nitrogens with one attached hydrogen (secondary N) is 1. The van der Waals surface area contributed by atoms with Crippen molar-refractivity contribution in [2.75, 3.05) is 13.6 Å². The highest BCUT2D eigenvalue weighted by Crippen LogP contribution is 2.20. The van der Waals surface area contributed by atoms with Gasteiger partial charge in [-0.3, -0.25) is 9.59 Å².